The number of halogens is 2. The van der Waals surface area contributed by atoms with Crippen LogP contribution in [0.25, 0.3) is 10.9 Å². The Morgan fingerprint density at radius 1 is 0.652 bits per heavy atom. The third kappa shape index (κ3) is 31.2. The normalized spacial score (nSPS) is 23.0. The number of aliphatic carboxylic acids is 1. The number of benzene rings is 3. The number of aromatic hydroxyl groups is 1. The Balaban J connectivity index is 1.60. The molecule has 0 saturated carbocycles. The minimum Gasteiger partial charge on any atom is -0.508 e. The van der Waals surface area contributed by atoms with Crippen LogP contribution < -0.4 is 64.4 Å². The lowest BCUT2D eigenvalue weighted by Gasteiger charge is -2.34. The van der Waals surface area contributed by atoms with Crippen LogP contribution in [0.5, 0.6) is 5.75 Å². The van der Waals surface area contributed by atoms with E-state index in [-0.39, 0.29) is 80.9 Å². The van der Waals surface area contributed by atoms with E-state index in [0.717, 1.165) is 18.2 Å². The standard InChI is InChI=1S/C80H113F2N13O17/c1-46(2)23-30-61-75(109)92-79(8,45-96)35-19-15-13-11-10-12-14-16-20-36-80(9,93-76(110)65(40-52-26-29-56(81)57(82)38-52)89-77(111)71(49(6)97)91-74(108)63(37-47(3)4)86-50(7)98)78(112)90-60(32-34-70(104)105)72(106)88-64(39-51-24-27-54(99)28-25-51)73(107)87-62(41-53-43-85-58-22-18-17-21-55(53)58)68(102)44-84-48(5)66(100)42-67(101)59(94-95-61)31-33-69(83)103/h11,13,17-18,21-22,24-29,38,43,45-49,59-65,71,84-85,94-95,97,99H,10,12,14-16,19-20,23,30-37,39-42,44H2,1-9H3,(H2,83,103)(H,86,98)(H,87,107)(H,88,106)(H,89,111)(H,90,112)(H,91,108)(H,92,109)(H,93,110)(H,104,105)/t48-,49+,59-,60-,61-,62-,63-,64-,65-,71-,79-,80+/m0/s1. The smallest absolute Gasteiger partial charge is 0.303 e. The summed E-state index contributed by atoms with van der Waals surface area (Å²) in [5.41, 5.74) is 9.35. The number of aliphatic hydroxyl groups is 1. The SMILES string of the molecule is CC(=O)N[C@@H](CC(C)C)C(=O)N[C@H](C(=O)N[C@@H](Cc1ccc(F)c(F)c1)C(=O)N[C@]1(C)CCCCCCC=CCCC[C@@](C)(C=O)NC(=O)[C@H](CCC(C)C)NN[C@@H](CCC(N)=O)C(=O)CC(=O)[C@H](C)NCC(=O)[C@H](Cc2c[nH]c3ccccc23)NC(=O)[C@H](Cc2ccc(O)cc2)NC(=O)[C@H](CCC(=O)O)NC1=O)[C@@H](C)O. The maximum Gasteiger partial charge on any atom is 0.303 e. The summed E-state index contributed by atoms with van der Waals surface area (Å²) in [4.78, 5) is 199. The summed E-state index contributed by atoms with van der Waals surface area (Å²) in [6.45, 7) is 13.5. The van der Waals surface area contributed by atoms with Crippen LogP contribution in [0.2, 0.25) is 0 Å². The van der Waals surface area contributed by atoms with Gasteiger partial charge in [-0.05, 0) is 157 Å². The summed E-state index contributed by atoms with van der Waals surface area (Å²) in [5, 5.41) is 55.9. The highest BCUT2D eigenvalue weighted by atomic mass is 19.2. The summed E-state index contributed by atoms with van der Waals surface area (Å²) in [6, 6.07) is 2.00. The zero-order valence-electron chi connectivity index (χ0n) is 65.3. The number of para-hydroxylation sites is 1. The second kappa shape index (κ2) is 45.4. The summed E-state index contributed by atoms with van der Waals surface area (Å²) < 4.78 is 29.4. The number of allylic oxidation sites excluding steroid dienone is 2. The largest absolute Gasteiger partial charge is 0.508 e. The number of aldehydes is 1. The van der Waals surface area contributed by atoms with Crippen LogP contribution >= 0.6 is 0 Å². The van der Waals surface area contributed by atoms with Gasteiger partial charge in [-0.25, -0.2) is 19.6 Å². The maximum absolute atomic E-state index is 15.4. The van der Waals surface area contributed by atoms with Gasteiger partial charge in [0.1, 0.15) is 47.8 Å². The van der Waals surface area contributed by atoms with Crippen molar-refractivity contribution in [1.29, 1.82) is 0 Å². The molecule has 12 atom stereocenters. The average molecular weight is 1570 g/mol. The van der Waals surface area contributed by atoms with Crippen LogP contribution in [0.3, 0.4) is 0 Å². The number of carboxylic acid groups (broad SMARTS) is 1. The fourth-order valence-electron chi connectivity index (χ4n) is 12.8. The highest BCUT2D eigenvalue weighted by Crippen LogP contribution is 2.24. The quantitative estimate of drug-likeness (QED) is 0.0240. The van der Waals surface area contributed by atoms with E-state index < -0.39 is 192 Å². The van der Waals surface area contributed by atoms with Gasteiger partial charge in [-0.2, -0.15) is 0 Å². The maximum atomic E-state index is 15.4. The second-order valence-electron chi connectivity index (χ2n) is 30.3. The minimum absolute atomic E-state index is 0.0537. The molecule has 1 aliphatic rings. The summed E-state index contributed by atoms with van der Waals surface area (Å²) in [6.07, 6.45) is 4.82. The molecule has 112 heavy (non-hydrogen) atoms. The molecule has 0 radical (unpaired) electrons. The molecule has 3 aromatic carbocycles. The number of carbonyl (C=O) groups excluding carboxylic acids is 13. The fourth-order valence-corrected chi connectivity index (χ4v) is 12.8. The molecule has 1 aromatic heterocycles. The molecule has 614 valence electrons. The molecular formula is C80H113F2N13O17. The van der Waals surface area contributed by atoms with Crippen LogP contribution in [0.1, 0.15) is 188 Å². The number of aromatic nitrogens is 1. The summed E-state index contributed by atoms with van der Waals surface area (Å²) in [7, 11) is 0. The number of carboxylic acids is 1. The number of rotatable bonds is 26. The summed E-state index contributed by atoms with van der Waals surface area (Å²) >= 11 is 0. The lowest BCUT2D eigenvalue weighted by Crippen LogP contribution is -2.65. The minimum atomic E-state index is -2.12. The van der Waals surface area contributed by atoms with E-state index in [2.05, 4.69) is 63.7 Å². The van der Waals surface area contributed by atoms with Crippen molar-refractivity contribution < 1.29 is 91.2 Å². The van der Waals surface area contributed by atoms with Crippen LogP contribution in [0.15, 0.2) is 85.1 Å². The number of hydrazine groups is 1. The van der Waals surface area contributed by atoms with Gasteiger partial charge in [0.2, 0.25) is 53.2 Å². The number of primary amides is 1. The van der Waals surface area contributed by atoms with E-state index in [1.807, 2.05) is 26.0 Å². The van der Waals surface area contributed by atoms with Gasteiger partial charge >= 0.3 is 5.97 Å². The van der Waals surface area contributed by atoms with E-state index in [1.165, 1.54) is 52.0 Å². The van der Waals surface area contributed by atoms with Crippen molar-refractivity contribution in [1.82, 2.24) is 63.7 Å². The molecule has 0 bridgehead atoms. The van der Waals surface area contributed by atoms with E-state index in [4.69, 9.17) is 5.73 Å². The molecule has 30 nitrogen and oxygen atoms in total. The predicted molar refractivity (Wildman–Crippen MR) is 412 cm³/mol. The molecular weight excluding hydrogens is 1450 g/mol. The average Bonchev–Trinajstić information content (AvgIpc) is 1.57. The number of hydrogen-bond acceptors (Lipinski definition) is 19. The molecule has 0 aliphatic carbocycles. The lowest BCUT2D eigenvalue weighted by atomic mass is 9.91. The first-order valence-corrected chi connectivity index (χ1v) is 38.2. The number of nitrogens with one attached hydrogen (secondary N) is 12. The van der Waals surface area contributed by atoms with Crippen LogP contribution in [0.4, 0.5) is 8.78 Å². The van der Waals surface area contributed by atoms with Gasteiger partial charge in [0, 0.05) is 56.1 Å². The van der Waals surface area contributed by atoms with Crippen molar-refractivity contribution in [2.45, 2.75) is 262 Å². The third-order valence-corrected chi connectivity index (χ3v) is 19.5. The first kappa shape index (κ1) is 92.4. The monoisotopic (exact) mass is 1570 g/mol. The molecule has 4 aromatic rings. The Morgan fingerprint density at radius 3 is 1.94 bits per heavy atom. The molecule has 0 saturated heterocycles. The molecule has 17 N–H and O–H groups in total. The number of aliphatic hydroxyl groups excluding tert-OH is 1. The Labute approximate surface area is 651 Å². The summed E-state index contributed by atoms with van der Waals surface area (Å²) in [5.74, 6) is -14.6. The number of nitrogens with two attached hydrogens (primary N) is 1. The van der Waals surface area contributed by atoms with Crippen molar-refractivity contribution >= 4 is 93.7 Å². The van der Waals surface area contributed by atoms with Crippen molar-refractivity contribution in [2.75, 3.05) is 6.54 Å². The topological polar surface area (TPSA) is 474 Å². The predicted octanol–water partition coefficient (Wildman–Crippen LogP) is 4.04. The van der Waals surface area contributed by atoms with E-state index in [0.29, 0.717) is 73.3 Å². The first-order chi connectivity index (χ1) is 52.9. The highest BCUT2D eigenvalue weighted by Gasteiger charge is 2.42. The molecule has 9 amide bonds. The third-order valence-electron chi connectivity index (χ3n) is 19.5. The first-order valence-electron chi connectivity index (χ1n) is 38.2. The lowest BCUT2D eigenvalue weighted by molar-refractivity contribution is -0.140. The Kier molecular flexibility index (Phi) is 37.4. The van der Waals surface area contributed by atoms with Crippen molar-refractivity contribution in [2.24, 2.45) is 17.6 Å². The van der Waals surface area contributed by atoms with Gasteiger partial charge < -0.3 is 78.7 Å². The van der Waals surface area contributed by atoms with Gasteiger partial charge in [0.25, 0.3) is 0 Å². The molecule has 32 heteroatoms. The highest BCUT2D eigenvalue weighted by molar-refractivity contribution is 6.04. The van der Waals surface area contributed by atoms with E-state index in [1.54, 1.807) is 51.2 Å². The van der Waals surface area contributed by atoms with Crippen LogP contribution in [0, 0.1) is 23.5 Å². The molecule has 1 aliphatic heterocycles. The number of phenols is 1. The van der Waals surface area contributed by atoms with E-state index in [9.17, 15) is 72.0 Å². The van der Waals surface area contributed by atoms with Gasteiger partial charge in [0.15, 0.2) is 29.0 Å². The number of carbonyl (C=O) groups is 14. The van der Waals surface area contributed by atoms with Gasteiger partial charge in [-0.1, -0.05) is 95.5 Å². The molecule has 0 fully saturated rings. The fraction of sp³-hybridized carbons (Fsp3) is 0.550. The molecule has 2 heterocycles. The van der Waals surface area contributed by atoms with E-state index >= 15 is 19.2 Å². The van der Waals surface area contributed by atoms with Gasteiger partial charge in [-0.3, -0.25) is 62.3 Å². The Bertz CT molecular complexity index is 3950. The number of hydrogen-bond donors (Lipinski definition) is 16. The zero-order chi connectivity index (χ0) is 83.0. The molecule has 5 rings (SSSR count). The van der Waals surface area contributed by atoms with Crippen molar-refractivity contribution in [3.05, 3.63) is 113 Å². The molecule has 0 spiro atoms. The number of amides is 9. The zero-order valence-corrected chi connectivity index (χ0v) is 65.3. The van der Waals surface area contributed by atoms with Gasteiger partial charge in [0.05, 0.1) is 48.8 Å². The Morgan fingerprint density at radius 2 is 1.29 bits per heavy atom. The van der Waals surface area contributed by atoms with Crippen molar-refractivity contribution in [3.63, 3.8) is 0 Å². The molecule has 0 unspecified atom stereocenters. The Hall–Kier alpha value is -10.2. The van der Waals surface area contributed by atoms with Gasteiger partial charge in [-0.15, -0.1) is 0 Å². The second-order valence-corrected chi connectivity index (χ2v) is 30.3. The number of ketones is 3. The number of phenolic OH excluding ortho intramolecular Hbond substituents is 1. The number of Topliss-reactive ketones (excluding diaryl/α,β-unsaturated/α-hetero) is 3. The van der Waals surface area contributed by atoms with Crippen molar-refractivity contribution in [3.8, 4) is 5.75 Å². The number of H-pyrrole nitrogens is 1. The van der Waals surface area contributed by atoms with Crippen LogP contribution in [-0.2, 0) is 86.4 Å². The number of fused-ring (bicyclic) bond motifs is 1. The number of aromatic amines is 1. The van der Waals surface area contributed by atoms with Crippen LogP contribution in [-0.4, -0.2) is 181 Å².